The van der Waals surface area contributed by atoms with Gasteiger partial charge in [0, 0.05) is 17.1 Å². The van der Waals surface area contributed by atoms with Gasteiger partial charge in [-0.15, -0.1) is 0 Å². The number of fused-ring (bicyclic) bond motifs is 1. The molecule has 1 aromatic heterocycles. The van der Waals surface area contributed by atoms with E-state index in [1.165, 1.54) is 0 Å². The molecule has 0 spiro atoms. The average molecular weight is 323 g/mol. The van der Waals surface area contributed by atoms with Gasteiger partial charge in [0.25, 0.3) is 0 Å². The highest BCUT2D eigenvalue weighted by Crippen LogP contribution is 2.42. The molecule has 0 atom stereocenters. The molecule has 1 N–H and O–H groups in total. The fourth-order valence-electron chi connectivity index (χ4n) is 2.16. The molecule has 1 aromatic carbocycles. The van der Waals surface area contributed by atoms with Crippen LogP contribution in [0.1, 0.15) is 36.8 Å². The lowest BCUT2D eigenvalue weighted by molar-refractivity contribution is 0.0520. The summed E-state index contributed by atoms with van der Waals surface area (Å²) >= 11 is 0. The zero-order valence-corrected chi connectivity index (χ0v) is 14.1. The van der Waals surface area contributed by atoms with Gasteiger partial charge in [-0.05, 0) is 44.5 Å². The molecule has 5 nitrogen and oxygen atoms in total. The lowest BCUT2D eigenvalue weighted by Gasteiger charge is -2.15. The van der Waals surface area contributed by atoms with Crippen molar-refractivity contribution in [3.8, 4) is 0 Å². The van der Waals surface area contributed by atoms with Crippen molar-refractivity contribution in [1.29, 1.82) is 0 Å². The second-order valence-corrected chi connectivity index (χ2v) is 6.15. The smallest absolute Gasteiger partial charge is 0.354 e. The van der Waals surface area contributed by atoms with Gasteiger partial charge in [0.2, 0.25) is 0 Å². The summed E-state index contributed by atoms with van der Waals surface area (Å²) in [6, 6.07) is 7.88. The highest BCUT2D eigenvalue weighted by Gasteiger charge is 2.13. The summed E-state index contributed by atoms with van der Waals surface area (Å²) in [5.41, 5.74) is 2.53. The van der Waals surface area contributed by atoms with E-state index in [-0.39, 0.29) is 5.97 Å². The summed E-state index contributed by atoms with van der Waals surface area (Å²) in [4.78, 5) is 14.8. The van der Waals surface area contributed by atoms with E-state index >= 15 is 0 Å². The predicted molar refractivity (Wildman–Crippen MR) is 88.1 cm³/mol. The maximum atomic E-state index is 11.8. The maximum Gasteiger partial charge on any atom is 0.354 e. The lowest BCUT2D eigenvalue weighted by Crippen LogP contribution is -2.04. The Kier molecular flexibility index (Phi) is 6.37. The van der Waals surface area contributed by atoms with Crippen molar-refractivity contribution < 1.29 is 18.6 Å². The molecule has 0 radical (unpaired) electrons. The van der Waals surface area contributed by atoms with Crippen LogP contribution in [0.15, 0.2) is 24.3 Å². The van der Waals surface area contributed by atoms with Gasteiger partial charge in [0.1, 0.15) is 5.69 Å². The topological polar surface area (TPSA) is 60.6 Å². The van der Waals surface area contributed by atoms with Crippen molar-refractivity contribution in [3.63, 3.8) is 0 Å². The molecule has 0 aliphatic rings. The molecule has 6 heteroatoms. The Hall–Kier alpha value is -1.42. The van der Waals surface area contributed by atoms with E-state index in [1.807, 2.05) is 32.0 Å². The largest absolute Gasteiger partial charge is 0.461 e. The summed E-state index contributed by atoms with van der Waals surface area (Å²) in [6.45, 7) is 7.38. The number of aromatic nitrogens is 1. The van der Waals surface area contributed by atoms with Crippen LogP contribution >= 0.6 is 8.38 Å². The van der Waals surface area contributed by atoms with E-state index in [1.54, 1.807) is 6.92 Å². The highest BCUT2D eigenvalue weighted by molar-refractivity contribution is 7.46. The molecule has 0 unspecified atom stereocenters. The fourth-order valence-corrected chi connectivity index (χ4v) is 3.49. The van der Waals surface area contributed by atoms with E-state index in [4.69, 9.17) is 13.8 Å². The van der Waals surface area contributed by atoms with Crippen LogP contribution in [-0.4, -0.2) is 30.8 Å². The Morgan fingerprint density at radius 3 is 2.45 bits per heavy atom. The second-order valence-electron chi connectivity index (χ2n) is 4.65. The Balaban J connectivity index is 2.17. The van der Waals surface area contributed by atoms with E-state index in [9.17, 15) is 4.79 Å². The van der Waals surface area contributed by atoms with Crippen molar-refractivity contribution in [2.45, 2.75) is 26.9 Å². The first kappa shape index (κ1) is 16.9. The number of benzene rings is 1. The highest BCUT2D eigenvalue weighted by atomic mass is 31.2. The van der Waals surface area contributed by atoms with Crippen LogP contribution in [0.3, 0.4) is 0 Å². The monoisotopic (exact) mass is 323 g/mol. The average Bonchev–Trinajstić information content (AvgIpc) is 2.91. The zero-order valence-electron chi connectivity index (χ0n) is 13.2. The predicted octanol–water partition coefficient (Wildman–Crippen LogP) is 4.23. The second kappa shape index (κ2) is 8.28. The number of aromatic amines is 1. The van der Waals surface area contributed by atoms with Gasteiger partial charge in [0.05, 0.1) is 19.8 Å². The van der Waals surface area contributed by atoms with Gasteiger partial charge in [-0.1, -0.05) is 6.07 Å². The Bertz CT molecular complexity index is 620. The molecule has 0 amide bonds. The number of nitrogens with one attached hydrogen (secondary N) is 1. The lowest BCUT2D eigenvalue weighted by atomic mass is 10.2. The van der Waals surface area contributed by atoms with Crippen LogP contribution in [-0.2, 0) is 19.9 Å². The summed E-state index contributed by atoms with van der Waals surface area (Å²) in [5.74, 6) is -0.328. The van der Waals surface area contributed by atoms with Gasteiger partial charge < -0.3 is 18.8 Å². The molecule has 0 aliphatic heterocycles. The number of esters is 1. The molecule has 0 saturated carbocycles. The first-order chi connectivity index (χ1) is 10.7. The Morgan fingerprint density at radius 2 is 1.82 bits per heavy atom. The molecule has 0 saturated heterocycles. The van der Waals surface area contributed by atoms with Crippen LogP contribution in [0.2, 0.25) is 0 Å². The number of ether oxygens (including phenoxy) is 1. The van der Waals surface area contributed by atoms with Crippen LogP contribution in [0.4, 0.5) is 0 Å². The standard InChI is InChI=1S/C16H22NO4P/c1-4-19-16(18)15-10-13-9-12(7-8-14(13)17-15)11-22(20-5-2)21-6-3/h7-10,17H,4-6,11H2,1-3H3. The number of hydrogen-bond donors (Lipinski definition) is 1. The molecule has 2 rings (SSSR count). The van der Waals surface area contributed by atoms with Crippen LogP contribution < -0.4 is 0 Å². The Labute approximate surface area is 131 Å². The van der Waals surface area contributed by atoms with Crippen molar-refractivity contribution in [3.05, 3.63) is 35.5 Å². The number of carbonyl (C=O) groups excluding carboxylic acids is 1. The van der Waals surface area contributed by atoms with Crippen molar-refractivity contribution >= 4 is 25.2 Å². The number of H-pyrrole nitrogens is 1. The van der Waals surface area contributed by atoms with Crippen LogP contribution in [0.5, 0.6) is 0 Å². The molecule has 2 aromatic rings. The van der Waals surface area contributed by atoms with Gasteiger partial charge in [-0.25, -0.2) is 4.79 Å². The third-order valence-corrected chi connectivity index (χ3v) is 4.75. The van der Waals surface area contributed by atoms with E-state index in [0.717, 1.165) is 22.6 Å². The first-order valence-corrected chi connectivity index (χ1v) is 8.86. The Morgan fingerprint density at radius 1 is 1.09 bits per heavy atom. The molecular weight excluding hydrogens is 301 g/mol. The number of hydrogen-bond acceptors (Lipinski definition) is 4. The van der Waals surface area contributed by atoms with Gasteiger partial charge in [0.15, 0.2) is 8.38 Å². The van der Waals surface area contributed by atoms with E-state index in [2.05, 4.69) is 11.1 Å². The number of rotatable bonds is 8. The maximum absolute atomic E-state index is 11.8. The minimum atomic E-state index is -0.906. The van der Waals surface area contributed by atoms with Crippen LogP contribution in [0.25, 0.3) is 10.9 Å². The quantitative estimate of drug-likeness (QED) is 0.583. The SMILES string of the molecule is CCOC(=O)c1cc2cc(CP(OCC)OCC)ccc2[nH]1. The summed E-state index contributed by atoms with van der Waals surface area (Å²) in [6.07, 6.45) is 0.743. The molecule has 0 fully saturated rings. The van der Waals surface area contributed by atoms with Crippen LogP contribution in [0, 0.1) is 0 Å². The summed E-state index contributed by atoms with van der Waals surface area (Å²) in [5, 5.41) is 0.989. The summed E-state index contributed by atoms with van der Waals surface area (Å²) < 4.78 is 16.3. The third kappa shape index (κ3) is 4.29. The number of carbonyl (C=O) groups is 1. The van der Waals surface area contributed by atoms with Gasteiger partial charge in [-0.2, -0.15) is 0 Å². The minimum Gasteiger partial charge on any atom is -0.461 e. The fraction of sp³-hybridized carbons (Fsp3) is 0.438. The summed E-state index contributed by atoms with van der Waals surface area (Å²) in [7, 11) is -0.906. The molecule has 22 heavy (non-hydrogen) atoms. The normalized spacial score (nSPS) is 11.3. The van der Waals surface area contributed by atoms with Crippen molar-refractivity contribution in [1.82, 2.24) is 4.98 Å². The van der Waals surface area contributed by atoms with Gasteiger partial charge >= 0.3 is 5.97 Å². The zero-order chi connectivity index (χ0) is 15.9. The first-order valence-electron chi connectivity index (χ1n) is 7.50. The van der Waals surface area contributed by atoms with Crippen molar-refractivity contribution in [2.24, 2.45) is 0 Å². The minimum absolute atomic E-state index is 0.328. The molecule has 0 aliphatic carbocycles. The van der Waals surface area contributed by atoms with E-state index < -0.39 is 8.38 Å². The molecular formula is C16H22NO4P. The van der Waals surface area contributed by atoms with Gasteiger partial charge in [-0.3, -0.25) is 0 Å². The molecule has 0 bridgehead atoms. The third-order valence-electron chi connectivity index (χ3n) is 3.04. The molecule has 120 valence electrons. The van der Waals surface area contributed by atoms with Crippen molar-refractivity contribution in [2.75, 3.05) is 19.8 Å². The van der Waals surface area contributed by atoms with E-state index in [0.29, 0.717) is 25.5 Å². The molecule has 1 heterocycles.